The normalized spacial score (nSPS) is 16.8. The van der Waals surface area contributed by atoms with Crippen LogP contribution in [-0.2, 0) is 26.9 Å². The molecule has 0 aromatic heterocycles. The van der Waals surface area contributed by atoms with Gasteiger partial charge >= 0.3 is 12.3 Å². The third-order valence-corrected chi connectivity index (χ3v) is 6.90. The van der Waals surface area contributed by atoms with Crippen LogP contribution in [0, 0.1) is 5.92 Å². The summed E-state index contributed by atoms with van der Waals surface area (Å²) in [4.78, 5) is 42.2. The van der Waals surface area contributed by atoms with E-state index in [-0.39, 0.29) is 23.1 Å². The molecule has 3 rings (SSSR count). The third kappa shape index (κ3) is 8.39. The van der Waals surface area contributed by atoms with Crippen molar-refractivity contribution in [2.75, 3.05) is 17.2 Å². The van der Waals surface area contributed by atoms with E-state index in [1.54, 1.807) is 25.7 Å². The Labute approximate surface area is 230 Å². The molecule has 1 aliphatic heterocycles. The molecule has 7 nitrogen and oxygen atoms in total. The van der Waals surface area contributed by atoms with E-state index in [1.807, 2.05) is 38.1 Å². The first-order valence-electron chi connectivity index (χ1n) is 12.6. The zero-order chi connectivity index (χ0) is 29.0. The number of carbonyl (C=O) groups is 3. The fourth-order valence-electron chi connectivity index (χ4n) is 4.14. The number of hydrogen-bond donors (Lipinski definition) is 2. The molecule has 2 N–H and O–H groups in total. The average Bonchev–Trinajstić information content (AvgIpc) is 2.94. The number of fused-ring (bicyclic) bond motifs is 1. The summed E-state index contributed by atoms with van der Waals surface area (Å²) in [7, 11) is 0. The molecule has 0 fully saturated rings. The number of thioether (sulfide) groups is 1. The number of ether oxygens (including phenoxy) is 1. The molecule has 1 aliphatic rings. The molecule has 212 valence electrons. The van der Waals surface area contributed by atoms with Gasteiger partial charge in [0.15, 0.2) is 0 Å². The standard InChI is InChI=1S/C28H34F3N3O4S/c1-17(2)15-34-22-12-8-9-13-23(22)39-16-21(25(34)36)32-24(35)20(33-26(37)38-27(3,4)5)14-18-10-6-7-11-19(18)28(29,30)31/h6-13,17,20-21H,14-16H2,1-5H3,(H,32,35)(H,33,37)/t20-,21?/m1/s1. The van der Waals surface area contributed by atoms with Gasteiger partial charge in [0.2, 0.25) is 11.8 Å². The van der Waals surface area contributed by atoms with Gasteiger partial charge < -0.3 is 20.3 Å². The highest BCUT2D eigenvalue weighted by Crippen LogP contribution is 2.35. The lowest BCUT2D eigenvalue weighted by Crippen LogP contribution is -2.56. The van der Waals surface area contributed by atoms with Gasteiger partial charge in [-0.25, -0.2) is 4.79 Å². The summed E-state index contributed by atoms with van der Waals surface area (Å²) in [6.07, 6.45) is -6.06. The van der Waals surface area contributed by atoms with E-state index in [2.05, 4.69) is 10.6 Å². The van der Waals surface area contributed by atoms with Crippen LogP contribution in [-0.4, -0.2) is 47.9 Å². The SMILES string of the molecule is CC(C)CN1C(=O)C(NC(=O)[C@@H](Cc2ccccc2C(F)(F)F)NC(=O)OC(C)(C)C)CSc2ccccc21. The number of para-hydroxylation sites is 1. The van der Waals surface area contributed by atoms with Crippen molar-refractivity contribution in [2.24, 2.45) is 5.92 Å². The first-order valence-corrected chi connectivity index (χ1v) is 13.6. The Morgan fingerprint density at radius 2 is 1.72 bits per heavy atom. The lowest BCUT2D eigenvalue weighted by molar-refractivity contribution is -0.138. The summed E-state index contributed by atoms with van der Waals surface area (Å²) >= 11 is 1.40. The molecular weight excluding hydrogens is 531 g/mol. The number of halogens is 3. The molecule has 2 aromatic rings. The fraction of sp³-hybridized carbons (Fsp3) is 0.464. The highest BCUT2D eigenvalue weighted by Gasteiger charge is 2.37. The van der Waals surface area contributed by atoms with E-state index < -0.39 is 47.8 Å². The van der Waals surface area contributed by atoms with Gasteiger partial charge in [-0.05, 0) is 50.5 Å². The van der Waals surface area contributed by atoms with Crippen LogP contribution in [0.4, 0.5) is 23.7 Å². The van der Waals surface area contributed by atoms with Gasteiger partial charge in [0.1, 0.15) is 17.7 Å². The van der Waals surface area contributed by atoms with Crippen molar-refractivity contribution < 1.29 is 32.3 Å². The van der Waals surface area contributed by atoms with Gasteiger partial charge in [0, 0.05) is 23.6 Å². The number of anilines is 1. The second-order valence-corrected chi connectivity index (χ2v) is 11.8. The molecule has 2 aromatic carbocycles. The van der Waals surface area contributed by atoms with E-state index in [9.17, 15) is 27.6 Å². The van der Waals surface area contributed by atoms with Crippen molar-refractivity contribution in [1.29, 1.82) is 0 Å². The second-order valence-electron chi connectivity index (χ2n) is 10.7. The smallest absolute Gasteiger partial charge is 0.416 e. The summed E-state index contributed by atoms with van der Waals surface area (Å²) in [5, 5.41) is 5.10. The number of nitrogens with zero attached hydrogens (tertiary/aromatic N) is 1. The molecule has 0 radical (unpaired) electrons. The van der Waals surface area contributed by atoms with Gasteiger partial charge in [-0.2, -0.15) is 13.2 Å². The Morgan fingerprint density at radius 3 is 2.36 bits per heavy atom. The van der Waals surface area contributed by atoms with Gasteiger partial charge in [0.05, 0.1) is 11.3 Å². The number of carbonyl (C=O) groups excluding carboxylic acids is 3. The Bertz CT molecular complexity index is 1200. The third-order valence-electron chi connectivity index (χ3n) is 5.74. The summed E-state index contributed by atoms with van der Waals surface area (Å²) in [6, 6.07) is 9.90. The van der Waals surface area contributed by atoms with Crippen molar-refractivity contribution in [3.8, 4) is 0 Å². The van der Waals surface area contributed by atoms with E-state index in [4.69, 9.17) is 4.74 Å². The molecule has 2 atom stereocenters. The van der Waals surface area contributed by atoms with Crippen LogP contribution in [0.2, 0.25) is 0 Å². The highest BCUT2D eigenvalue weighted by atomic mass is 32.2. The first-order chi connectivity index (χ1) is 18.2. The van der Waals surface area contributed by atoms with Gasteiger partial charge in [-0.1, -0.05) is 44.2 Å². The van der Waals surface area contributed by atoms with Crippen molar-refractivity contribution in [3.63, 3.8) is 0 Å². The summed E-state index contributed by atoms with van der Waals surface area (Å²) in [6.45, 7) is 9.25. The molecule has 1 heterocycles. The second kappa shape index (κ2) is 12.3. The number of alkyl carbamates (subject to hydrolysis) is 1. The average molecular weight is 566 g/mol. The number of nitrogens with one attached hydrogen (secondary N) is 2. The lowest BCUT2D eigenvalue weighted by atomic mass is 9.99. The predicted molar refractivity (Wildman–Crippen MR) is 145 cm³/mol. The molecule has 11 heteroatoms. The van der Waals surface area contributed by atoms with E-state index in [0.29, 0.717) is 6.54 Å². The number of benzene rings is 2. The summed E-state index contributed by atoms with van der Waals surface area (Å²) in [5.74, 6) is -0.760. The maximum Gasteiger partial charge on any atom is 0.416 e. The molecule has 0 bridgehead atoms. The number of amides is 3. The van der Waals surface area contributed by atoms with Crippen LogP contribution >= 0.6 is 11.8 Å². The molecule has 39 heavy (non-hydrogen) atoms. The fourth-order valence-corrected chi connectivity index (χ4v) is 5.21. The van der Waals surface area contributed by atoms with Crippen molar-refractivity contribution >= 4 is 35.4 Å². The van der Waals surface area contributed by atoms with Gasteiger partial charge in [-0.15, -0.1) is 11.8 Å². The zero-order valence-electron chi connectivity index (χ0n) is 22.6. The predicted octanol–water partition coefficient (Wildman–Crippen LogP) is 5.42. The van der Waals surface area contributed by atoms with Gasteiger partial charge in [0.25, 0.3) is 0 Å². The van der Waals surface area contributed by atoms with E-state index >= 15 is 0 Å². The monoisotopic (exact) mass is 565 g/mol. The molecule has 0 aliphatic carbocycles. The summed E-state index contributed by atoms with van der Waals surface area (Å²) < 4.78 is 46.3. The number of hydrogen-bond acceptors (Lipinski definition) is 5. The van der Waals surface area contributed by atoms with Crippen LogP contribution in [0.5, 0.6) is 0 Å². The molecule has 1 unspecified atom stereocenters. The molecule has 0 spiro atoms. The Hall–Kier alpha value is -3.21. The molecular formula is C28H34F3N3O4S. The number of alkyl halides is 3. The molecule has 3 amide bonds. The van der Waals surface area contributed by atoms with Gasteiger partial charge in [-0.3, -0.25) is 9.59 Å². The minimum absolute atomic E-state index is 0.141. The van der Waals surface area contributed by atoms with Crippen LogP contribution in [0.15, 0.2) is 53.4 Å². The maximum atomic E-state index is 13.7. The Morgan fingerprint density at radius 1 is 1.08 bits per heavy atom. The van der Waals surface area contributed by atoms with Crippen LogP contribution in [0.3, 0.4) is 0 Å². The van der Waals surface area contributed by atoms with E-state index in [0.717, 1.165) is 16.6 Å². The molecule has 0 saturated carbocycles. The Balaban J connectivity index is 1.89. The minimum Gasteiger partial charge on any atom is -0.444 e. The first kappa shape index (κ1) is 30.3. The Kier molecular flexibility index (Phi) is 9.58. The zero-order valence-corrected chi connectivity index (χ0v) is 23.4. The van der Waals surface area contributed by atoms with Crippen LogP contribution in [0.25, 0.3) is 0 Å². The number of rotatable bonds is 7. The van der Waals surface area contributed by atoms with E-state index in [1.165, 1.54) is 30.0 Å². The highest BCUT2D eigenvalue weighted by molar-refractivity contribution is 7.99. The van der Waals surface area contributed by atoms with Crippen LogP contribution < -0.4 is 15.5 Å². The van der Waals surface area contributed by atoms with Crippen molar-refractivity contribution in [3.05, 3.63) is 59.7 Å². The quantitative estimate of drug-likeness (QED) is 0.468. The van der Waals surface area contributed by atoms with Crippen molar-refractivity contribution in [1.82, 2.24) is 10.6 Å². The van der Waals surface area contributed by atoms with Crippen LogP contribution in [0.1, 0.15) is 45.7 Å². The lowest BCUT2D eigenvalue weighted by Gasteiger charge is -2.29. The topological polar surface area (TPSA) is 87.7 Å². The molecule has 0 saturated heterocycles. The largest absolute Gasteiger partial charge is 0.444 e. The minimum atomic E-state index is -4.65. The summed E-state index contributed by atoms with van der Waals surface area (Å²) in [5.41, 5.74) is -1.24. The maximum absolute atomic E-state index is 13.7. The van der Waals surface area contributed by atoms with Crippen molar-refractivity contribution in [2.45, 2.75) is 69.8 Å².